The Bertz CT molecular complexity index is 698. The van der Waals surface area contributed by atoms with Gasteiger partial charge in [0.1, 0.15) is 5.82 Å². The Morgan fingerprint density at radius 1 is 1.25 bits per heavy atom. The van der Waals surface area contributed by atoms with E-state index in [0.717, 1.165) is 72.7 Å². The quantitative estimate of drug-likeness (QED) is 0.812. The first kappa shape index (κ1) is 17.1. The number of fused-ring (bicyclic) bond motifs is 1. The van der Waals surface area contributed by atoms with Gasteiger partial charge in [0.05, 0.1) is 11.1 Å². The number of nitrogens with zero attached hydrogens (tertiary/aromatic N) is 2. The number of para-hydroxylation sites is 1. The standard InChI is InChI=1S/C19H25N3OS/c1-2-3-6-9-20-19(23)16-14-18(22-10-12-24-13-11-22)21-17-8-5-4-7-15(16)17/h4-5,7-8,14H,2-3,6,9-13H2,1H3,(H,20,23). The van der Waals surface area contributed by atoms with Crippen molar-refractivity contribution in [2.45, 2.75) is 26.2 Å². The van der Waals surface area contributed by atoms with Gasteiger partial charge in [-0.05, 0) is 18.6 Å². The highest BCUT2D eigenvalue weighted by molar-refractivity contribution is 7.99. The van der Waals surface area contributed by atoms with Gasteiger partial charge in [-0.2, -0.15) is 11.8 Å². The molecule has 1 amide bonds. The largest absolute Gasteiger partial charge is 0.355 e. The summed E-state index contributed by atoms with van der Waals surface area (Å²) in [6, 6.07) is 9.89. The van der Waals surface area contributed by atoms with Crippen molar-refractivity contribution in [2.24, 2.45) is 0 Å². The number of hydrogen-bond acceptors (Lipinski definition) is 4. The van der Waals surface area contributed by atoms with E-state index in [2.05, 4.69) is 17.1 Å². The third-order valence-electron chi connectivity index (χ3n) is 4.35. The lowest BCUT2D eigenvalue weighted by molar-refractivity contribution is 0.0954. The molecule has 0 spiro atoms. The smallest absolute Gasteiger partial charge is 0.252 e. The van der Waals surface area contributed by atoms with Gasteiger partial charge < -0.3 is 10.2 Å². The Labute approximate surface area is 148 Å². The molecule has 5 heteroatoms. The summed E-state index contributed by atoms with van der Waals surface area (Å²) >= 11 is 1.97. The number of aromatic nitrogens is 1. The second kappa shape index (κ2) is 8.38. The third-order valence-corrected chi connectivity index (χ3v) is 5.29. The fraction of sp³-hybridized carbons (Fsp3) is 0.474. The van der Waals surface area contributed by atoms with Crippen LogP contribution in [-0.4, -0.2) is 42.0 Å². The van der Waals surface area contributed by atoms with Gasteiger partial charge in [-0.15, -0.1) is 0 Å². The SMILES string of the molecule is CCCCCNC(=O)c1cc(N2CCSCC2)nc2ccccc12. The molecule has 128 valence electrons. The van der Waals surface area contributed by atoms with Crippen molar-refractivity contribution >= 4 is 34.4 Å². The molecule has 0 bridgehead atoms. The Morgan fingerprint density at radius 3 is 2.83 bits per heavy atom. The number of amides is 1. The van der Waals surface area contributed by atoms with Gasteiger partial charge in [0.2, 0.25) is 0 Å². The van der Waals surface area contributed by atoms with Gasteiger partial charge in [-0.1, -0.05) is 38.0 Å². The first-order valence-electron chi connectivity index (χ1n) is 8.80. The van der Waals surface area contributed by atoms with E-state index in [1.54, 1.807) is 0 Å². The highest BCUT2D eigenvalue weighted by Crippen LogP contribution is 2.25. The normalized spacial score (nSPS) is 14.8. The Hall–Kier alpha value is -1.75. The van der Waals surface area contributed by atoms with Crippen molar-refractivity contribution in [1.29, 1.82) is 0 Å². The minimum Gasteiger partial charge on any atom is -0.355 e. The van der Waals surface area contributed by atoms with Gasteiger partial charge in [0.15, 0.2) is 0 Å². The predicted octanol–water partition coefficient (Wildman–Crippen LogP) is 3.71. The van der Waals surface area contributed by atoms with Crippen LogP contribution in [0.3, 0.4) is 0 Å². The number of benzene rings is 1. The minimum absolute atomic E-state index is 0.0114. The second-order valence-electron chi connectivity index (χ2n) is 6.11. The zero-order valence-corrected chi connectivity index (χ0v) is 15.1. The maximum absolute atomic E-state index is 12.7. The summed E-state index contributed by atoms with van der Waals surface area (Å²) in [5, 5.41) is 4.00. The molecule has 1 aliphatic heterocycles. The summed E-state index contributed by atoms with van der Waals surface area (Å²) in [7, 11) is 0. The lowest BCUT2D eigenvalue weighted by Gasteiger charge is -2.28. The van der Waals surface area contributed by atoms with Crippen LogP contribution < -0.4 is 10.2 Å². The number of nitrogens with one attached hydrogen (secondary N) is 1. The summed E-state index contributed by atoms with van der Waals surface area (Å²) in [6.07, 6.45) is 3.33. The van der Waals surface area contributed by atoms with Gasteiger partial charge in [0, 0.05) is 36.5 Å². The fourth-order valence-corrected chi connectivity index (χ4v) is 3.88. The molecule has 0 radical (unpaired) electrons. The van der Waals surface area contributed by atoms with Crippen LogP contribution in [0.5, 0.6) is 0 Å². The summed E-state index contributed by atoms with van der Waals surface area (Å²) in [6.45, 7) is 4.89. The number of thioether (sulfide) groups is 1. The van der Waals surface area contributed by atoms with E-state index in [-0.39, 0.29) is 5.91 Å². The van der Waals surface area contributed by atoms with Gasteiger partial charge in [-0.3, -0.25) is 4.79 Å². The topological polar surface area (TPSA) is 45.2 Å². The summed E-state index contributed by atoms with van der Waals surface area (Å²) in [4.78, 5) is 19.8. The molecule has 0 atom stereocenters. The number of pyridine rings is 1. The van der Waals surface area contributed by atoms with Crippen LogP contribution in [0.1, 0.15) is 36.5 Å². The molecule has 2 heterocycles. The van der Waals surface area contributed by atoms with Gasteiger partial charge in [0.25, 0.3) is 5.91 Å². The van der Waals surface area contributed by atoms with E-state index < -0.39 is 0 Å². The molecule has 0 saturated carbocycles. The van der Waals surface area contributed by atoms with E-state index in [0.29, 0.717) is 0 Å². The van der Waals surface area contributed by atoms with Crippen LogP contribution >= 0.6 is 11.8 Å². The molecule has 1 aliphatic rings. The molecule has 1 saturated heterocycles. The molecule has 0 aliphatic carbocycles. The van der Waals surface area contributed by atoms with Crippen molar-refractivity contribution in [1.82, 2.24) is 10.3 Å². The van der Waals surface area contributed by atoms with Crippen LogP contribution in [0.2, 0.25) is 0 Å². The molecule has 2 aromatic rings. The molecule has 4 nitrogen and oxygen atoms in total. The average molecular weight is 343 g/mol. The van der Waals surface area contributed by atoms with Crippen molar-refractivity contribution in [2.75, 3.05) is 36.0 Å². The second-order valence-corrected chi connectivity index (χ2v) is 7.33. The highest BCUT2D eigenvalue weighted by atomic mass is 32.2. The molecular weight excluding hydrogens is 318 g/mol. The van der Waals surface area contributed by atoms with Crippen molar-refractivity contribution in [3.05, 3.63) is 35.9 Å². The maximum Gasteiger partial charge on any atom is 0.252 e. The highest BCUT2D eigenvalue weighted by Gasteiger charge is 2.17. The number of carbonyl (C=O) groups excluding carboxylic acids is 1. The predicted molar refractivity (Wildman–Crippen MR) is 103 cm³/mol. The van der Waals surface area contributed by atoms with Crippen LogP contribution in [0.25, 0.3) is 10.9 Å². The number of anilines is 1. The monoisotopic (exact) mass is 343 g/mol. The Kier molecular flexibility index (Phi) is 5.96. The summed E-state index contributed by atoms with van der Waals surface area (Å²) in [5.74, 6) is 3.17. The molecule has 1 fully saturated rings. The lowest BCUT2D eigenvalue weighted by atomic mass is 10.1. The zero-order chi connectivity index (χ0) is 16.8. The van der Waals surface area contributed by atoms with Gasteiger partial charge in [-0.25, -0.2) is 4.98 Å². The first-order chi connectivity index (χ1) is 11.8. The summed E-state index contributed by atoms with van der Waals surface area (Å²) in [5.41, 5.74) is 1.64. The first-order valence-corrected chi connectivity index (χ1v) is 9.95. The van der Waals surface area contributed by atoms with Crippen LogP contribution in [0.4, 0.5) is 5.82 Å². The lowest BCUT2D eigenvalue weighted by Crippen LogP contribution is -2.33. The van der Waals surface area contributed by atoms with E-state index in [9.17, 15) is 4.79 Å². The van der Waals surface area contributed by atoms with Crippen LogP contribution in [0.15, 0.2) is 30.3 Å². The van der Waals surface area contributed by atoms with Crippen molar-refractivity contribution in [3.63, 3.8) is 0 Å². The van der Waals surface area contributed by atoms with Gasteiger partial charge >= 0.3 is 0 Å². The van der Waals surface area contributed by atoms with Crippen LogP contribution in [0, 0.1) is 0 Å². The summed E-state index contributed by atoms with van der Waals surface area (Å²) < 4.78 is 0. The number of rotatable bonds is 6. The maximum atomic E-state index is 12.7. The third kappa shape index (κ3) is 4.01. The zero-order valence-electron chi connectivity index (χ0n) is 14.3. The number of hydrogen-bond donors (Lipinski definition) is 1. The van der Waals surface area contributed by atoms with Crippen molar-refractivity contribution in [3.8, 4) is 0 Å². The average Bonchev–Trinajstić information content (AvgIpc) is 2.65. The molecule has 24 heavy (non-hydrogen) atoms. The van der Waals surface area contributed by atoms with Crippen LogP contribution in [-0.2, 0) is 0 Å². The Morgan fingerprint density at radius 2 is 2.04 bits per heavy atom. The minimum atomic E-state index is 0.0114. The molecule has 1 aromatic heterocycles. The van der Waals surface area contributed by atoms with Crippen molar-refractivity contribution < 1.29 is 4.79 Å². The van der Waals surface area contributed by atoms with E-state index in [4.69, 9.17) is 4.98 Å². The number of unbranched alkanes of at least 4 members (excludes halogenated alkanes) is 2. The number of carbonyl (C=O) groups is 1. The molecule has 1 N–H and O–H groups in total. The fourth-order valence-electron chi connectivity index (χ4n) is 2.98. The van der Waals surface area contributed by atoms with E-state index in [1.165, 1.54) is 0 Å². The van der Waals surface area contributed by atoms with E-state index in [1.807, 2.05) is 42.1 Å². The molecular formula is C19H25N3OS. The molecule has 3 rings (SSSR count). The molecule has 1 aromatic carbocycles. The molecule has 0 unspecified atom stereocenters. The Balaban J connectivity index is 1.87. The van der Waals surface area contributed by atoms with E-state index >= 15 is 0 Å².